The van der Waals surface area contributed by atoms with E-state index in [1.54, 1.807) is 31.2 Å². The van der Waals surface area contributed by atoms with Crippen molar-refractivity contribution in [3.63, 3.8) is 0 Å². The minimum absolute atomic E-state index is 0.0232. The smallest absolute Gasteiger partial charge is 0.315 e. The maximum Gasteiger partial charge on any atom is 0.315 e. The largest absolute Gasteiger partial charge is 0.457 e. The number of carbonyl (C=O) groups is 2. The van der Waals surface area contributed by atoms with Gasteiger partial charge in [0.1, 0.15) is 11.9 Å². The van der Waals surface area contributed by atoms with Gasteiger partial charge < -0.3 is 9.47 Å². The average Bonchev–Trinajstić information content (AvgIpc) is 2.55. The van der Waals surface area contributed by atoms with Crippen LogP contribution >= 0.6 is 0 Å². The Morgan fingerprint density at radius 1 is 0.909 bits per heavy atom. The highest BCUT2D eigenvalue weighted by molar-refractivity contribution is 5.74. The van der Waals surface area contributed by atoms with Crippen LogP contribution in [-0.4, -0.2) is 11.9 Å². The third kappa shape index (κ3) is 4.74. The number of benzene rings is 2. The second-order valence-electron chi connectivity index (χ2n) is 4.73. The normalized spacial score (nSPS) is 11.5. The van der Waals surface area contributed by atoms with Crippen LogP contribution in [0.15, 0.2) is 60.7 Å². The first-order valence-corrected chi connectivity index (χ1v) is 7.19. The van der Waals surface area contributed by atoms with E-state index in [-0.39, 0.29) is 18.8 Å². The molecule has 0 radical (unpaired) electrons. The number of ether oxygens (including phenoxy) is 2. The van der Waals surface area contributed by atoms with Gasteiger partial charge in [-0.05, 0) is 17.7 Å². The highest BCUT2D eigenvalue weighted by Crippen LogP contribution is 2.23. The minimum atomic E-state index is -0.634. The Kier molecular flexibility index (Phi) is 5.72. The van der Waals surface area contributed by atoms with Crippen LogP contribution in [0.5, 0.6) is 5.75 Å². The summed E-state index contributed by atoms with van der Waals surface area (Å²) in [5.74, 6) is -0.313. The van der Waals surface area contributed by atoms with E-state index in [2.05, 4.69) is 0 Å². The first kappa shape index (κ1) is 15.8. The van der Waals surface area contributed by atoms with E-state index in [0.29, 0.717) is 5.75 Å². The van der Waals surface area contributed by atoms with Crippen molar-refractivity contribution in [2.45, 2.75) is 25.9 Å². The van der Waals surface area contributed by atoms with Gasteiger partial charge in [-0.2, -0.15) is 0 Å². The van der Waals surface area contributed by atoms with Crippen molar-refractivity contribution in [3.8, 4) is 5.75 Å². The molecular formula is C18H18O4. The fraction of sp³-hybridized carbons (Fsp3) is 0.222. The lowest BCUT2D eigenvalue weighted by Gasteiger charge is -2.17. The Balaban J connectivity index is 2.05. The molecule has 0 saturated carbocycles. The van der Waals surface area contributed by atoms with Crippen LogP contribution in [0.3, 0.4) is 0 Å². The molecule has 4 nitrogen and oxygen atoms in total. The van der Waals surface area contributed by atoms with Gasteiger partial charge in [0.25, 0.3) is 0 Å². The third-order valence-electron chi connectivity index (χ3n) is 3.06. The molecule has 0 aliphatic rings. The molecule has 2 rings (SSSR count). The maximum absolute atomic E-state index is 12.1. The van der Waals surface area contributed by atoms with Gasteiger partial charge in [0.05, 0.1) is 6.42 Å². The van der Waals surface area contributed by atoms with E-state index in [1.807, 2.05) is 36.4 Å². The van der Waals surface area contributed by atoms with E-state index in [1.165, 1.54) is 0 Å². The molecule has 1 atom stereocenters. The van der Waals surface area contributed by atoms with E-state index < -0.39 is 12.1 Å². The Morgan fingerprint density at radius 2 is 1.50 bits per heavy atom. The van der Waals surface area contributed by atoms with E-state index >= 15 is 0 Å². The lowest BCUT2D eigenvalue weighted by Crippen LogP contribution is -2.18. The van der Waals surface area contributed by atoms with Crippen LogP contribution in [0, 0.1) is 0 Å². The summed E-state index contributed by atoms with van der Waals surface area (Å²) in [6.45, 7) is 1.71. The fourth-order valence-corrected chi connectivity index (χ4v) is 1.95. The highest BCUT2D eigenvalue weighted by atomic mass is 16.6. The van der Waals surface area contributed by atoms with Gasteiger partial charge in [0.15, 0.2) is 0 Å². The molecule has 2 aromatic rings. The number of esters is 2. The Labute approximate surface area is 129 Å². The summed E-state index contributed by atoms with van der Waals surface area (Å²) in [6, 6.07) is 18.0. The zero-order valence-electron chi connectivity index (χ0n) is 12.4. The number of hydrogen-bond acceptors (Lipinski definition) is 4. The summed E-state index contributed by atoms with van der Waals surface area (Å²) in [5.41, 5.74) is 0.773. The predicted octanol–water partition coefficient (Wildman–Crippen LogP) is 3.68. The average molecular weight is 298 g/mol. The number of rotatable bonds is 6. The minimum Gasteiger partial charge on any atom is -0.457 e. The standard InChI is InChI=1S/C18H18O4/c1-2-17(19)22-16(14-9-5-3-6-10-14)13-18(20)21-15-11-7-4-8-12-15/h3-12,16H,2,13H2,1H3. The van der Waals surface area contributed by atoms with E-state index in [4.69, 9.17) is 9.47 Å². The van der Waals surface area contributed by atoms with Crippen LogP contribution in [0.4, 0.5) is 0 Å². The zero-order valence-corrected chi connectivity index (χ0v) is 12.4. The molecule has 0 aliphatic heterocycles. The zero-order chi connectivity index (χ0) is 15.8. The molecule has 0 N–H and O–H groups in total. The maximum atomic E-state index is 12.1. The van der Waals surface area contributed by atoms with Crippen molar-refractivity contribution in [1.82, 2.24) is 0 Å². The second-order valence-corrected chi connectivity index (χ2v) is 4.73. The molecule has 0 bridgehead atoms. The Bertz CT molecular complexity index is 607. The van der Waals surface area contributed by atoms with Crippen molar-refractivity contribution in [2.24, 2.45) is 0 Å². The summed E-state index contributed by atoms with van der Waals surface area (Å²) in [6.07, 6.45) is -0.397. The quantitative estimate of drug-likeness (QED) is 0.603. The molecule has 0 saturated heterocycles. The Hall–Kier alpha value is -2.62. The lowest BCUT2D eigenvalue weighted by molar-refractivity contribution is -0.152. The monoisotopic (exact) mass is 298 g/mol. The van der Waals surface area contributed by atoms with Crippen molar-refractivity contribution < 1.29 is 19.1 Å². The van der Waals surface area contributed by atoms with Crippen LogP contribution in [0.25, 0.3) is 0 Å². The third-order valence-corrected chi connectivity index (χ3v) is 3.06. The summed E-state index contributed by atoms with van der Waals surface area (Å²) in [7, 11) is 0. The Morgan fingerprint density at radius 3 is 2.09 bits per heavy atom. The molecule has 4 heteroatoms. The molecule has 2 aromatic carbocycles. The molecule has 0 aliphatic carbocycles. The van der Waals surface area contributed by atoms with Gasteiger partial charge in [-0.15, -0.1) is 0 Å². The van der Waals surface area contributed by atoms with Gasteiger partial charge >= 0.3 is 11.9 Å². The van der Waals surface area contributed by atoms with Crippen LogP contribution in [-0.2, 0) is 14.3 Å². The highest BCUT2D eigenvalue weighted by Gasteiger charge is 2.21. The molecule has 0 amide bonds. The van der Waals surface area contributed by atoms with Gasteiger partial charge in [0, 0.05) is 6.42 Å². The van der Waals surface area contributed by atoms with E-state index in [9.17, 15) is 9.59 Å². The predicted molar refractivity (Wildman–Crippen MR) is 82.3 cm³/mol. The molecule has 0 heterocycles. The van der Waals surface area contributed by atoms with Crippen molar-refractivity contribution >= 4 is 11.9 Å². The first-order valence-electron chi connectivity index (χ1n) is 7.19. The lowest BCUT2D eigenvalue weighted by atomic mass is 10.1. The fourth-order valence-electron chi connectivity index (χ4n) is 1.95. The van der Waals surface area contributed by atoms with Gasteiger partial charge in [0.2, 0.25) is 0 Å². The molecule has 0 fully saturated rings. The summed E-state index contributed by atoms with van der Waals surface area (Å²) in [5, 5.41) is 0. The van der Waals surface area contributed by atoms with Crippen LogP contribution in [0.1, 0.15) is 31.4 Å². The molecular weight excluding hydrogens is 280 g/mol. The molecule has 1 unspecified atom stereocenters. The van der Waals surface area contributed by atoms with Crippen molar-refractivity contribution in [3.05, 3.63) is 66.2 Å². The van der Waals surface area contributed by atoms with Crippen LogP contribution in [0.2, 0.25) is 0 Å². The van der Waals surface area contributed by atoms with Gasteiger partial charge in [-0.1, -0.05) is 55.5 Å². The number of para-hydroxylation sites is 1. The van der Waals surface area contributed by atoms with Crippen molar-refractivity contribution in [2.75, 3.05) is 0 Å². The van der Waals surface area contributed by atoms with Crippen molar-refractivity contribution in [1.29, 1.82) is 0 Å². The molecule has 22 heavy (non-hydrogen) atoms. The number of hydrogen-bond donors (Lipinski definition) is 0. The molecule has 0 spiro atoms. The van der Waals surface area contributed by atoms with Gasteiger partial charge in [-0.3, -0.25) is 9.59 Å². The number of carbonyl (C=O) groups excluding carboxylic acids is 2. The summed E-state index contributed by atoms with van der Waals surface area (Å²) >= 11 is 0. The summed E-state index contributed by atoms with van der Waals surface area (Å²) < 4.78 is 10.6. The summed E-state index contributed by atoms with van der Waals surface area (Å²) in [4.78, 5) is 23.6. The SMILES string of the molecule is CCC(=O)OC(CC(=O)Oc1ccccc1)c1ccccc1. The molecule has 0 aromatic heterocycles. The first-order chi connectivity index (χ1) is 10.7. The van der Waals surface area contributed by atoms with Gasteiger partial charge in [-0.25, -0.2) is 0 Å². The molecule has 114 valence electrons. The van der Waals surface area contributed by atoms with Crippen LogP contribution < -0.4 is 4.74 Å². The second kappa shape index (κ2) is 7.98. The van der Waals surface area contributed by atoms with E-state index in [0.717, 1.165) is 5.56 Å². The topological polar surface area (TPSA) is 52.6 Å².